The Bertz CT molecular complexity index is 1080. The summed E-state index contributed by atoms with van der Waals surface area (Å²) < 4.78 is 3.03. The predicted octanol–water partition coefficient (Wildman–Crippen LogP) is 1.31. The molecular weight excluding hydrogens is 368 g/mol. The SMILES string of the molecule is Cn1ncc(CN2CCC(Cn3cnc(-c4cccnc4)cc3=O)CC2)cc1=O. The summed E-state index contributed by atoms with van der Waals surface area (Å²) in [6.45, 7) is 3.29. The van der Waals surface area contributed by atoms with E-state index in [-0.39, 0.29) is 11.1 Å². The zero-order valence-corrected chi connectivity index (χ0v) is 16.4. The zero-order chi connectivity index (χ0) is 20.2. The van der Waals surface area contributed by atoms with Gasteiger partial charge in [0, 0.05) is 50.2 Å². The highest BCUT2D eigenvalue weighted by Crippen LogP contribution is 2.20. The molecule has 150 valence electrons. The highest BCUT2D eigenvalue weighted by atomic mass is 16.1. The van der Waals surface area contributed by atoms with Crippen LogP contribution in [0, 0.1) is 5.92 Å². The number of pyridine rings is 1. The lowest BCUT2D eigenvalue weighted by molar-refractivity contribution is 0.166. The van der Waals surface area contributed by atoms with Crippen molar-refractivity contribution in [2.24, 2.45) is 13.0 Å². The number of piperidine rings is 1. The topological polar surface area (TPSA) is 85.9 Å². The van der Waals surface area contributed by atoms with Gasteiger partial charge in [-0.2, -0.15) is 5.10 Å². The summed E-state index contributed by atoms with van der Waals surface area (Å²) in [6, 6.07) is 6.95. The van der Waals surface area contributed by atoms with Crippen LogP contribution in [0.4, 0.5) is 0 Å². The quantitative estimate of drug-likeness (QED) is 0.651. The molecule has 1 aliphatic rings. The van der Waals surface area contributed by atoms with Crippen molar-refractivity contribution in [2.75, 3.05) is 13.1 Å². The molecule has 1 fully saturated rings. The van der Waals surface area contributed by atoms with Gasteiger partial charge in [0.15, 0.2) is 0 Å². The van der Waals surface area contributed by atoms with Crippen LogP contribution in [0.25, 0.3) is 11.3 Å². The third kappa shape index (κ3) is 4.65. The summed E-state index contributed by atoms with van der Waals surface area (Å²) in [6.07, 6.45) is 8.82. The number of aromatic nitrogens is 5. The van der Waals surface area contributed by atoms with Crippen LogP contribution in [0.3, 0.4) is 0 Å². The minimum Gasteiger partial charge on any atom is -0.299 e. The van der Waals surface area contributed by atoms with Crippen LogP contribution in [0.2, 0.25) is 0 Å². The third-order valence-electron chi connectivity index (χ3n) is 5.43. The largest absolute Gasteiger partial charge is 0.299 e. The second-order valence-electron chi connectivity index (χ2n) is 7.55. The van der Waals surface area contributed by atoms with Gasteiger partial charge in [0.1, 0.15) is 0 Å². The van der Waals surface area contributed by atoms with Gasteiger partial charge in [0.2, 0.25) is 0 Å². The maximum Gasteiger partial charge on any atom is 0.266 e. The molecule has 0 amide bonds. The Morgan fingerprint density at radius 2 is 1.93 bits per heavy atom. The van der Waals surface area contributed by atoms with Crippen molar-refractivity contribution in [3.05, 3.63) is 75.5 Å². The minimum atomic E-state index is -0.0843. The van der Waals surface area contributed by atoms with E-state index in [9.17, 15) is 9.59 Å². The molecule has 4 heterocycles. The van der Waals surface area contributed by atoms with Crippen LogP contribution in [0.5, 0.6) is 0 Å². The van der Waals surface area contributed by atoms with E-state index in [0.29, 0.717) is 18.2 Å². The van der Waals surface area contributed by atoms with Crippen molar-refractivity contribution >= 4 is 0 Å². The molecule has 0 spiro atoms. The molecule has 0 radical (unpaired) electrons. The van der Waals surface area contributed by atoms with Crippen molar-refractivity contribution in [3.63, 3.8) is 0 Å². The van der Waals surface area contributed by atoms with Gasteiger partial charge < -0.3 is 0 Å². The number of rotatable bonds is 5. The molecule has 0 aromatic carbocycles. The first-order chi connectivity index (χ1) is 14.1. The van der Waals surface area contributed by atoms with Crippen LogP contribution in [0.15, 0.2) is 58.8 Å². The molecule has 3 aromatic heterocycles. The Balaban J connectivity index is 1.34. The van der Waals surface area contributed by atoms with Crippen LogP contribution >= 0.6 is 0 Å². The zero-order valence-electron chi connectivity index (χ0n) is 16.4. The monoisotopic (exact) mass is 392 g/mol. The highest BCUT2D eigenvalue weighted by molar-refractivity contribution is 5.56. The summed E-state index contributed by atoms with van der Waals surface area (Å²) in [5.74, 6) is 0.441. The van der Waals surface area contributed by atoms with Crippen LogP contribution in [0.1, 0.15) is 18.4 Å². The Labute approximate surface area is 168 Å². The van der Waals surface area contributed by atoms with E-state index in [1.54, 1.807) is 48.7 Å². The summed E-state index contributed by atoms with van der Waals surface area (Å²) in [5, 5.41) is 4.08. The number of hydrogen-bond acceptors (Lipinski definition) is 6. The van der Waals surface area contributed by atoms with Gasteiger partial charge in [-0.05, 0) is 49.5 Å². The van der Waals surface area contributed by atoms with Crippen molar-refractivity contribution in [3.8, 4) is 11.3 Å². The van der Waals surface area contributed by atoms with Crippen LogP contribution in [-0.4, -0.2) is 42.3 Å². The number of hydrogen-bond donors (Lipinski definition) is 0. The second-order valence-corrected chi connectivity index (χ2v) is 7.55. The lowest BCUT2D eigenvalue weighted by Crippen LogP contribution is -2.36. The molecule has 0 saturated carbocycles. The maximum atomic E-state index is 12.5. The molecule has 0 unspecified atom stereocenters. The summed E-state index contributed by atoms with van der Waals surface area (Å²) in [7, 11) is 1.65. The first kappa shape index (κ1) is 19.2. The van der Waals surface area contributed by atoms with Gasteiger partial charge in [-0.15, -0.1) is 0 Å². The van der Waals surface area contributed by atoms with E-state index in [1.165, 1.54) is 4.68 Å². The normalized spacial score (nSPS) is 15.5. The molecular formula is C21H24N6O2. The Morgan fingerprint density at radius 3 is 2.62 bits per heavy atom. The average molecular weight is 392 g/mol. The standard InChI is InChI=1S/C21H24N6O2/c1-25-20(28)9-17(11-24-25)13-26-7-4-16(5-8-26)14-27-15-23-19(10-21(27)29)18-3-2-6-22-12-18/h2-3,6,9-12,15-16H,4-5,7-8,13-14H2,1H3. The third-order valence-corrected chi connectivity index (χ3v) is 5.43. The fourth-order valence-corrected chi connectivity index (χ4v) is 3.69. The number of aryl methyl sites for hydroxylation is 1. The van der Waals surface area contributed by atoms with Crippen LogP contribution in [-0.2, 0) is 20.1 Å². The van der Waals surface area contributed by atoms with Crippen LogP contribution < -0.4 is 11.1 Å². The Morgan fingerprint density at radius 1 is 1.10 bits per heavy atom. The Hall–Kier alpha value is -3.13. The molecule has 0 atom stereocenters. The summed E-state index contributed by atoms with van der Waals surface area (Å²) in [4.78, 5) is 35.1. The molecule has 1 saturated heterocycles. The predicted molar refractivity (Wildman–Crippen MR) is 109 cm³/mol. The van der Waals surface area contributed by atoms with Gasteiger partial charge in [-0.1, -0.05) is 0 Å². The lowest BCUT2D eigenvalue weighted by Gasteiger charge is -2.32. The molecule has 1 aliphatic heterocycles. The lowest BCUT2D eigenvalue weighted by atomic mass is 9.96. The number of likely N-dealkylation sites (tertiary alicyclic amines) is 1. The van der Waals surface area contributed by atoms with E-state index < -0.39 is 0 Å². The van der Waals surface area contributed by atoms with E-state index >= 15 is 0 Å². The first-order valence-corrected chi connectivity index (χ1v) is 9.80. The van der Waals surface area contributed by atoms with E-state index in [2.05, 4.69) is 20.0 Å². The fourth-order valence-electron chi connectivity index (χ4n) is 3.69. The minimum absolute atomic E-state index is 0.0347. The maximum absolute atomic E-state index is 12.5. The molecule has 8 heteroatoms. The van der Waals surface area contributed by atoms with Gasteiger partial charge in [0.25, 0.3) is 11.1 Å². The van der Waals surface area contributed by atoms with Crippen molar-refractivity contribution in [1.29, 1.82) is 0 Å². The van der Waals surface area contributed by atoms with Gasteiger partial charge in [-0.3, -0.25) is 24.0 Å². The summed E-state index contributed by atoms with van der Waals surface area (Å²) in [5.41, 5.74) is 2.32. The second kappa shape index (κ2) is 8.48. The van der Waals surface area contributed by atoms with Gasteiger partial charge >= 0.3 is 0 Å². The molecule has 4 rings (SSSR count). The molecule has 3 aromatic rings. The van der Waals surface area contributed by atoms with Crippen molar-refractivity contribution in [1.82, 2.24) is 29.2 Å². The van der Waals surface area contributed by atoms with E-state index in [4.69, 9.17) is 0 Å². The summed E-state index contributed by atoms with van der Waals surface area (Å²) >= 11 is 0. The van der Waals surface area contributed by atoms with E-state index in [0.717, 1.165) is 43.6 Å². The van der Waals surface area contributed by atoms with Gasteiger partial charge in [-0.25, -0.2) is 9.67 Å². The molecule has 0 bridgehead atoms. The van der Waals surface area contributed by atoms with Crippen molar-refractivity contribution < 1.29 is 0 Å². The Kier molecular flexibility index (Phi) is 5.62. The average Bonchev–Trinajstić information content (AvgIpc) is 2.74. The van der Waals surface area contributed by atoms with E-state index in [1.807, 2.05) is 12.1 Å². The first-order valence-electron chi connectivity index (χ1n) is 9.80. The highest BCUT2D eigenvalue weighted by Gasteiger charge is 2.20. The molecule has 0 aliphatic carbocycles. The molecule has 29 heavy (non-hydrogen) atoms. The van der Waals surface area contributed by atoms with Crippen molar-refractivity contribution in [2.45, 2.75) is 25.9 Å². The number of nitrogens with zero attached hydrogens (tertiary/aromatic N) is 6. The fraction of sp³-hybridized carbons (Fsp3) is 0.381. The van der Waals surface area contributed by atoms with Gasteiger partial charge in [0.05, 0.1) is 18.2 Å². The molecule has 8 nitrogen and oxygen atoms in total. The molecule has 0 N–H and O–H groups in total. The smallest absolute Gasteiger partial charge is 0.266 e.